The SMILES string of the molecule is Cc1ccc(C2CC(NC3=CC(=O)CC(C)(C)C3)NN2)cc1. The van der Waals surface area contributed by atoms with Gasteiger partial charge in [-0.25, -0.2) is 10.9 Å². The minimum atomic E-state index is 0.0521. The number of carbonyl (C=O) groups excluding carboxylic acids is 1. The number of hydrogen-bond donors (Lipinski definition) is 3. The summed E-state index contributed by atoms with van der Waals surface area (Å²) in [6.07, 6.45) is 4.44. The van der Waals surface area contributed by atoms with Crippen molar-refractivity contribution in [1.29, 1.82) is 0 Å². The molecule has 4 nitrogen and oxygen atoms in total. The van der Waals surface area contributed by atoms with Gasteiger partial charge in [0.1, 0.15) is 0 Å². The maximum absolute atomic E-state index is 11.8. The molecule has 3 N–H and O–H groups in total. The van der Waals surface area contributed by atoms with Crippen molar-refractivity contribution in [2.45, 2.75) is 52.2 Å². The molecule has 118 valence electrons. The van der Waals surface area contributed by atoms with Gasteiger partial charge in [-0.15, -0.1) is 0 Å². The van der Waals surface area contributed by atoms with Crippen molar-refractivity contribution in [2.75, 3.05) is 0 Å². The lowest BCUT2D eigenvalue weighted by Crippen LogP contribution is -2.42. The van der Waals surface area contributed by atoms with E-state index in [0.29, 0.717) is 12.5 Å². The van der Waals surface area contributed by atoms with Gasteiger partial charge in [-0.1, -0.05) is 43.7 Å². The van der Waals surface area contributed by atoms with Crippen LogP contribution in [-0.4, -0.2) is 11.9 Å². The largest absolute Gasteiger partial charge is 0.372 e. The first kappa shape index (κ1) is 15.3. The Morgan fingerprint density at radius 1 is 1.14 bits per heavy atom. The fraction of sp³-hybridized carbons (Fsp3) is 0.500. The van der Waals surface area contributed by atoms with Crippen LogP contribution >= 0.6 is 0 Å². The van der Waals surface area contributed by atoms with Crippen molar-refractivity contribution in [1.82, 2.24) is 16.2 Å². The summed E-state index contributed by atoms with van der Waals surface area (Å²) >= 11 is 0. The van der Waals surface area contributed by atoms with E-state index >= 15 is 0 Å². The Labute approximate surface area is 132 Å². The molecular formula is C18H25N3O. The monoisotopic (exact) mass is 299 g/mol. The Morgan fingerprint density at radius 3 is 2.55 bits per heavy atom. The Kier molecular flexibility index (Phi) is 4.06. The number of benzene rings is 1. The standard InChI is InChI=1S/C18H25N3O/c1-12-4-6-13(7-5-12)16-9-17(21-20-16)19-14-8-15(22)11-18(2,3)10-14/h4-8,16-17,19-21H,9-11H2,1-3H3. The van der Waals surface area contributed by atoms with Gasteiger partial charge in [0.2, 0.25) is 0 Å². The van der Waals surface area contributed by atoms with Crippen molar-refractivity contribution >= 4 is 5.78 Å². The molecule has 0 aromatic heterocycles. The molecule has 2 unspecified atom stereocenters. The maximum Gasteiger partial charge on any atom is 0.157 e. The van der Waals surface area contributed by atoms with E-state index in [9.17, 15) is 4.79 Å². The zero-order valence-electron chi connectivity index (χ0n) is 13.6. The predicted molar refractivity (Wildman–Crippen MR) is 87.8 cm³/mol. The molecule has 2 atom stereocenters. The van der Waals surface area contributed by atoms with E-state index in [-0.39, 0.29) is 17.4 Å². The summed E-state index contributed by atoms with van der Waals surface area (Å²) in [6, 6.07) is 8.92. The highest BCUT2D eigenvalue weighted by Crippen LogP contribution is 2.33. The summed E-state index contributed by atoms with van der Waals surface area (Å²) in [6.45, 7) is 6.40. The second-order valence-corrected chi connectivity index (χ2v) is 7.34. The number of hydrogen-bond acceptors (Lipinski definition) is 4. The van der Waals surface area contributed by atoms with Crippen LogP contribution in [0.1, 0.15) is 50.3 Å². The zero-order valence-corrected chi connectivity index (χ0v) is 13.6. The van der Waals surface area contributed by atoms with E-state index in [1.807, 2.05) is 0 Å². The molecule has 1 saturated heterocycles. The fourth-order valence-corrected chi connectivity index (χ4v) is 3.33. The number of rotatable bonds is 3. The van der Waals surface area contributed by atoms with Crippen LogP contribution in [0.15, 0.2) is 36.0 Å². The Morgan fingerprint density at radius 2 is 1.86 bits per heavy atom. The lowest BCUT2D eigenvalue weighted by molar-refractivity contribution is -0.117. The van der Waals surface area contributed by atoms with E-state index in [2.05, 4.69) is 61.2 Å². The molecule has 1 aliphatic carbocycles. The van der Waals surface area contributed by atoms with E-state index in [4.69, 9.17) is 0 Å². The lowest BCUT2D eigenvalue weighted by Gasteiger charge is -2.30. The van der Waals surface area contributed by atoms with Gasteiger partial charge < -0.3 is 5.32 Å². The average Bonchev–Trinajstić information content (AvgIpc) is 2.85. The molecule has 0 radical (unpaired) electrons. The summed E-state index contributed by atoms with van der Waals surface area (Å²) in [4.78, 5) is 11.8. The van der Waals surface area contributed by atoms with Gasteiger partial charge in [-0.2, -0.15) is 0 Å². The fourth-order valence-electron chi connectivity index (χ4n) is 3.33. The molecule has 1 aromatic carbocycles. The van der Waals surface area contributed by atoms with Crippen LogP contribution in [0, 0.1) is 12.3 Å². The number of ketones is 1. The van der Waals surface area contributed by atoms with Gasteiger partial charge in [0.15, 0.2) is 5.78 Å². The van der Waals surface area contributed by atoms with Crippen LogP contribution in [0.25, 0.3) is 0 Å². The second kappa shape index (κ2) is 5.86. The summed E-state index contributed by atoms with van der Waals surface area (Å²) in [5, 5.41) is 3.48. The van der Waals surface area contributed by atoms with E-state index in [0.717, 1.165) is 18.5 Å². The van der Waals surface area contributed by atoms with Crippen molar-refractivity contribution < 1.29 is 4.79 Å². The van der Waals surface area contributed by atoms with Crippen LogP contribution in [0.5, 0.6) is 0 Å². The van der Waals surface area contributed by atoms with Crippen LogP contribution < -0.4 is 16.2 Å². The Bertz CT molecular complexity index is 589. The number of nitrogens with one attached hydrogen (secondary N) is 3. The first-order valence-electron chi connectivity index (χ1n) is 7.99. The molecule has 1 heterocycles. The van der Waals surface area contributed by atoms with Crippen LogP contribution in [0.3, 0.4) is 0 Å². The van der Waals surface area contributed by atoms with Crippen LogP contribution in [0.4, 0.5) is 0 Å². The Hall–Kier alpha value is -1.65. The molecule has 22 heavy (non-hydrogen) atoms. The highest BCUT2D eigenvalue weighted by atomic mass is 16.1. The average molecular weight is 299 g/mol. The van der Waals surface area contributed by atoms with Gasteiger partial charge in [0.25, 0.3) is 0 Å². The second-order valence-electron chi connectivity index (χ2n) is 7.34. The highest BCUT2D eigenvalue weighted by Gasteiger charge is 2.30. The van der Waals surface area contributed by atoms with Crippen molar-refractivity contribution in [3.8, 4) is 0 Å². The first-order valence-corrected chi connectivity index (χ1v) is 7.99. The maximum atomic E-state index is 11.8. The molecule has 4 heteroatoms. The number of hydrazine groups is 1. The first-order chi connectivity index (χ1) is 10.4. The van der Waals surface area contributed by atoms with E-state index in [1.165, 1.54) is 11.1 Å². The summed E-state index contributed by atoms with van der Waals surface area (Å²) in [7, 11) is 0. The molecular weight excluding hydrogens is 274 g/mol. The normalized spacial score (nSPS) is 27.6. The van der Waals surface area contributed by atoms with Gasteiger partial charge in [-0.05, 0) is 24.3 Å². The number of allylic oxidation sites excluding steroid dienone is 2. The van der Waals surface area contributed by atoms with E-state index < -0.39 is 0 Å². The molecule has 2 aliphatic rings. The van der Waals surface area contributed by atoms with Crippen LogP contribution in [0.2, 0.25) is 0 Å². The topological polar surface area (TPSA) is 53.2 Å². The molecule has 1 aromatic rings. The molecule has 0 spiro atoms. The third-order valence-corrected chi connectivity index (χ3v) is 4.40. The molecule has 1 aliphatic heterocycles. The van der Waals surface area contributed by atoms with Gasteiger partial charge >= 0.3 is 0 Å². The smallest absolute Gasteiger partial charge is 0.157 e. The third-order valence-electron chi connectivity index (χ3n) is 4.40. The number of carbonyl (C=O) groups is 1. The quantitative estimate of drug-likeness (QED) is 0.803. The molecule has 3 rings (SSSR count). The van der Waals surface area contributed by atoms with E-state index in [1.54, 1.807) is 6.08 Å². The lowest BCUT2D eigenvalue weighted by atomic mass is 9.79. The minimum absolute atomic E-state index is 0.0521. The Balaban J connectivity index is 1.61. The molecule has 0 amide bonds. The predicted octanol–water partition coefficient (Wildman–Crippen LogP) is 2.72. The zero-order chi connectivity index (χ0) is 15.7. The van der Waals surface area contributed by atoms with Crippen molar-refractivity contribution in [3.05, 3.63) is 47.2 Å². The van der Waals surface area contributed by atoms with Crippen molar-refractivity contribution in [2.24, 2.45) is 5.41 Å². The molecule has 0 bridgehead atoms. The number of aryl methyl sites for hydroxylation is 1. The molecule has 0 saturated carbocycles. The van der Waals surface area contributed by atoms with Gasteiger partial charge in [0, 0.05) is 30.7 Å². The third kappa shape index (κ3) is 3.57. The highest BCUT2D eigenvalue weighted by molar-refractivity contribution is 5.91. The molecule has 1 fully saturated rings. The summed E-state index contributed by atoms with van der Waals surface area (Å²) in [5.41, 5.74) is 10.3. The summed E-state index contributed by atoms with van der Waals surface area (Å²) < 4.78 is 0. The van der Waals surface area contributed by atoms with Crippen molar-refractivity contribution in [3.63, 3.8) is 0 Å². The van der Waals surface area contributed by atoms with Gasteiger partial charge in [0.05, 0.1) is 6.17 Å². The van der Waals surface area contributed by atoms with Gasteiger partial charge in [-0.3, -0.25) is 4.79 Å². The summed E-state index contributed by atoms with van der Waals surface area (Å²) in [5.74, 6) is 0.222. The minimum Gasteiger partial charge on any atom is -0.372 e. The van der Waals surface area contributed by atoms with Crippen LogP contribution in [-0.2, 0) is 4.79 Å².